The van der Waals surface area contributed by atoms with Crippen LogP contribution >= 0.6 is 0 Å². The van der Waals surface area contributed by atoms with Gasteiger partial charge in [-0.1, -0.05) is 36.4 Å². The van der Waals surface area contributed by atoms with Crippen LogP contribution in [0.5, 0.6) is 11.5 Å². The minimum atomic E-state index is -2.82. The maximum atomic E-state index is 12.4. The van der Waals surface area contributed by atoms with Crippen molar-refractivity contribution in [2.45, 2.75) is 20.0 Å². The van der Waals surface area contributed by atoms with Crippen LogP contribution in [0.3, 0.4) is 0 Å². The predicted molar refractivity (Wildman–Crippen MR) is 73.5 cm³/mol. The molecule has 2 aromatic carbocycles. The number of alkyl halides is 2. The summed E-state index contributed by atoms with van der Waals surface area (Å²) in [5.41, 5.74) is 1.65. The Morgan fingerprint density at radius 3 is 2.05 bits per heavy atom. The molecule has 0 unspecified atom stereocenters. The van der Waals surface area contributed by atoms with Gasteiger partial charge in [-0.2, -0.15) is 8.78 Å². The number of para-hydroxylation sites is 2. The molecule has 2 nitrogen and oxygen atoms in total. The fourth-order valence-corrected chi connectivity index (χ4v) is 2.01. The number of benzene rings is 2. The average molecular weight is 278 g/mol. The van der Waals surface area contributed by atoms with Gasteiger partial charge in [-0.3, -0.25) is 0 Å². The van der Waals surface area contributed by atoms with Crippen LogP contribution in [0.4, 0.5) is 8.78 Å². The Hall–Kier alpha value is -2.10. The van der Waals surface area contributed by atoms with Crippen molar-refractivity contribution in [2.24, 2.45) is 0 Å². The number of rotatable bonds is 6. The molecule has 0 bridgehead atoms. The normalized spacial score (nSPS) is 10.6. The van der Waals surface area contributed by atoms with Gasteiger partial charge in [0.05, 0.1) is 6.61 Å². The predicted octanol–water partition coefficient (Wildman–Crippen LogP) is 4.28. The van der Waals surface area contributed by atoms with E-state index >= 15 is 0 Å². The highest BCUT2D eigenvalue weighted by Gasteiger charge is 2.11. The van der Waals surface area contributed by atoms with Crippen molar-refractivity contribution in [2.75, 3.05) is 6.61 Å². The van der Waals surface area contributed by atoms with Gasteiger partial charge in [0.2, 0.25) is 0 Å². The molecule has 106 valence electrons. The lowest BCUT2D eigenvalue weighted by molar-refractivity contribution is -0.0503. The minimum absolute atomic E-state index is 0.203. The van der Waals surface area contributed by atoms with Crippen LogP contribution in [0.25, 0.3) is 0 Å². The molecule has 0 spiro atoms. The van der Waals surface area contributed by atoms with Crippen molar-refractivity contribution in [3.63, 3.8) is 0 Å². The molecule has 0 N–H and O–H groups in total. The van der Waals surface area contributed by atoms with Crippen LogP contribution in [-0.4, -0.2) is 13.2 Å². The van der Waals surface area contributed by atoms with Gasteiger partial charge in [0.1, 0.15) is 11.5 Å². The van der Waals surface area contributed by atoms with Crippen molar-refractivity contribution in [1.29, 1.82) is 0 Å². The summed E-state index contributed by atoms with van der Waals surface area (Å²) in [4.78, 5) is 0. The van der Waals surface area contributed by atoms with Crippen LogP contribution in [0, 0.1) is 0 Å². The lowest BCUT2D eigenvalue weighted by Crippen LogP contribution is -2.05. The quantitative estimate of drug-likeness (QED) is 0.785. The highest BCUT2D eigenvalue weighted by atomic mass is 19.3. The maximum Gasteiger partial charge on any atom is 0.387 e. The zero-order valence-corrected chi connectivity index (χ0v) is 11.2. The average Bonchev–Trinajstić information content (AvgIpc) is 2.43. The Labute approximate surface area is 117 Å². The van der Waals surface area contributed by atoms with E-state index in [4.69, 9.17) is 4.74 Å². The Bertz CT molecular complexity index is 556. The van der Waals surface area contributed by atoms with Crippen LogP contribution in [0.2, 0.25) is 0 Å². The van der Waals surface area contributed by atoms with E-state index in [-0.39, 0.29) is 5.75 Å². The molecule has 0 saturated heterocycles. The van der Waals surface area contributed by atoms with E-state index < -0.39 is 6.61 Å². The summed E-state index contributed by atoms with van der Waals surface area (Å²) in [6.45, 7) is -0.352. The molecule has 4 heteroatoms. The van der Waals surface area contributed by atoms with Gasteiger partial charge in [-0.05, 0) is 30.2 Å². The highest BCUT2D eigenvalue weighted by Crippen LogP contribution is 2.27. The molecule has 0 aliphatic heterocycles. The third-order valence-corrected chi connectivity index (χ3v) is 2.84. The SMILES string of the molecule is CCOc1ccccc1Cc1ccccc1OC(F)F. The first-order chi connectivity index (χ1) is 9.70. The molecular formula is C16H16F2O2. The Balaban J connectivity index is 2.26. The minimum Gasteiger partial charge on any atom is -0.494 e. The summed E-state index contributed by atoms with van der Waals surface area (Å²) in [5.74, 6) is 0.968. The van der Waals surface area contributed by atoms with E-state index in [0.717, 1.165) is 11.3 Å². The first-order valence-corrected chi connectivity index (χ1v) is 6.44. The second-order valence-electron chi connectivity index (χ2n) is 4.20. The topological polar surface area (TPSA) is 18.5 Å². The second-order valence-corrected chi connectivity index (χ2v) is 4.20. The standard InChI is InChI=1S/C16H16F2O2/c1-2-19-14-9-5-3-7-12(14)11-13-8-4-6-10-15(13)20-16(17)18/h3-10,16H,2,11H2,1H3. The molecule has 0 aromatic heterocycles. The molecule has 0 atom stereocenters. The van der Waals surface area contributed by atoms with Gasteiger partial charge in [-0.15, -0.1) is 0 Å². The number of halogens is 2. The number of ether oxygens (including phenoxy) is 2. The van der Waals surface area contributed by atoms with E-state index in [1.165, 1.54) is 0 Å². The molecular weight excluding hydrogens is 262 g/mol. The first kappa shape index (κ1) is 14.3. The number of hydrogen-bond donors (Lipinski definition) is 0. The van der Waals surface area contributed by atoms with Gasteiger partial charge in [0.25, 0.3) is 0 Å². The Kier molecular flexibility index (Phi) is 4.93. The van der Waals surface area contributed by atoms with Gasteiger partial charge in [0, 0.05) is 6.42 Å². The highest BCUT2D eigenvalue weighted by molar-refractivity contribution is 5.42. The molecule has 2 rings (SSSR count). The number of hydrogen-bond acceptors (Lipinski definition) is 2. The van der Waals surface area contributed by atoms with Gasteiger partial charge >= 0.3 is 6.61 Å². The van der Waals surface area contributed by atoms with Crippen molar-refractivity contribution < 1.29 is 18.3 Å². The van der Waals surface area contributed by atoms with Gasteiger partial charge < -0.3 is 9.47 Å². The zero-order chi connectivity index (χ0) is 14.4. The summed E-state index contributed by atoms with van der Waals surface area (Å²) >= 11 is 0. The van der Waals surface area contributed by atoms with Crippen molar-refractivity contribution >= 4 is 0 Å². The van der Waals surface area contributed by atoms with Crippen LogP contribution in [0.15, 0.2) is 48.5 Å². The molecule has 0 heterocycles. The summed E-state index contributed by atoms with van der Waals surface area (Å²) in [7, 11) is 0. The lowest BCUT2D eigenvalue weighted by atomic mass is 10.0. The van der Waals surface area contributed by atoms with Crippen LogP contribution in [-0.2, 0) is 6.42 Å². The largest absolute Gasteiger partial charge is 0.494 e. The summed E-state index contributed by atoms with van der Waals surface area (Å²) < 4.78 is 34.9. The van der Waals surface area contributed by atoms with Crippen molar-refractivity contribution in [1.82, 2.24) is 0 Å². The molecule has 0 radical (unpaired) electrons. The second kappa shape index (κ2) is 6.89. The molecule has 0 fully saturated rings. The van der Waals surface area contributed by atoms with E-state index in [0.29, 0.717) is 18.6 Å². The van der Waals surface area contributed by atoms with Gasteiger partial charge in [0.15, 0.2) is 0 Å². The summed E-state index contributed by atoms with van der Waals surface area (Å²) in [5, 5.41) is 0. The zero-order valence-electron chi connectivity index (χ0n) is 11.2. The van der Waals surface area contributed by atoms with E-state index in [1.54, 1.807) is 24.3 Å². The van der Waals surface area contributed by atoms with E-state index in [9.17, 15) is 8.78 Å². The fourth-order valence-electron chi connectivity index (χ4n) is 2.01. The van der Waals surface area contributed by atoms with E-state index in [2.05, 4.69) is 4.74 Å². The van der Waals surface area contributed by atoms with Crippen LogP contribution < -0.4 is 9.47 Å². The Morgan fingerprint density at radius 2 is 1.45 bits per heavy atom. The molecule has 20 heavy (non-hydrogen) atoms. The van der Waals surface area contributed by atoms with Crippen molar-refractivity contribution in [3.05, 3.63) is 59.7 Å². The monoisotopic (exact) mass is 278 g/mol. The van der Waals surface area contributed by atoms with Crippen molar-refractivity contribution in [3.8, 4) is 11.5 Å². The first-order valence-electron chi connectivity index (χ1n) is 6.44. The molecule has 2 aromatic rings. The molecule has 0 amide bonds. The van der Waals surface area contributed by atoms with E-state index in [1.807, 2.05) is 31.2 Å². The smallest absolute Gasteiger partial charge is 0.387 e. The van der Waals surface area contributed by atoms with Gasteiger partial charge in [-0.25, -0.2) is 0 Å². The Morgan fingerprint density at radius 1 is 0.900 bits per heavy atom. The summed E-state index contributed by atoms with van der Waals surface area (Å²) in [6, 6.07) is 14.4. The fraction of sp³-hybridized carbons (Fsp3) is 0.250. The van der Waals surface area contributed by atoms with Crippen LogP contribution in [0.1, 0.15) is 18.1 Å². The summed E-state index contributed by atoms with van der Waals surface area (Å²) in [6.07, 6.45) is 0.485. The molecule has 0 saturated carbocycles. The molecule has 0 aliphatic carbocycles. The maximum absolute atomic E-state index is 12.4. The third kappa shape index (κ3) is 3.70. The lowest BCUT2D eigenvalue weighted by Gasteiger charge is -2.13. The molecule has 0 aliphatic rings. The third-order valence-electron chi connectivity index (χ3n) is 2.84.